The second-order valence-corrected chi connectivity index (χ2v) is 7.99. The van der Waals surface area contributed by atoms with E-state index in [2.05, 4.69) is 9.97 Å². The summed E-state index contributed by atoms with van der Waals surface area (Å²) in [5.74, 6) is 0.720. The van der Waals surface area contributed by atoms with Gasteiger partial charge in [0.25, 0.3) is 0 Å². The average molecular weight is 469 g/mol. The van der Waals surface area contributed by atoms with Gasteiger partial charge in [-0.25, -0.2) is 9.78 Å². The van der Waals surface area contributed by atoms with Gasteiger partial charge in [0.05, 0.1) is 17.5 Å². The van der Waals surface area contributed by atoms with Crippen molar-refractivity contribution >= 4 is 22.9 Å². The van der Waals surface area contributed by atoms with Crippen LogP contribution < -0.4 is 9.64 Å². The van der Waals surface area contributed by atoms with Crippen molar-refractivity contribution < 1.29 is 29.6 Å². The molecule has 0 aliphatic carbocycles. The molecular weight excluding hydrogens is 440 g/mol. The van der Waals surface area contributed by atoms with E-state index < -0.39 is 18.8 Å². The lowest BCUT2D eigenvalue weighted by molar-refractivity contribution is -0.0343. The molecule has 1 aliphatic rings. The van der Waals surface area contributed by atoms with Gasteiger partial charge in [-0.15, -0.1) is 0 Å². The largest absolute Gasteiger partial charge is 0.474 e. The highest BCUT2D eigenvalue weighted by atomic mass is 16.6. The van der Waals surface area contributed by atoms with E-state index in [1.807, 2.05) is 59.5 Å². The fourth-order valence-corrected chi connectivity index (χ4v) is 3.58. The van der Waals surface area contributed by atoms with Crippen LogP contribution >= 0.6 is 0 Å². The van der Waals surface area contributed by atoms with Gasteiger partial charge >= 0.3 is 6.09 Å². The van der Waals surface area contributed by atoms with E-state index in [-0.39, 0.29) is 25.2 Å². The zero-order valence-corrected chi connectivity index (χ0v) is 18.7. The number of hydrogen-bond donors (Lipinski definition) is 3. The molecule has 1 fully saturated rings. The fraction of sp³-hybridized carbons (Fsp3) is 0.375. The third kappa shape index (κ3) is 5.71. The van der Waals surface area contributed by atoms with Gasteiger partial charge in [0.2, 0.25) is 11.8 Å². The summed E-state index contributed by atoms with van der Waals surface area (Å²) in [6, 6.07) is 16.9. The zero-order chi connectivity index (χ0) is 23.9. The summed E-state index contributed by atoms with van der Waals surface area (Å²) in [6.07, 6.45) is -2.92. The molecule has 0 bridgehead atoms. The average Bonchev–Trinajstić information content (AvgIpc) is 2.90. The number of piperazine rings is 1. The van der Waals surface area contributed by atoms with E-state index in [0.29, 0.717) is 43.0 Å². The maximum Gasteiger partial charge on any atom is 0.410 e. The number of benzene rings is 2. The van der Waals surface area contributed by atoms with Crippen molar-refractivity contribution in [3.8, 4) is 5.88 Å². The molecule has 10 nitrogen and oxygen atoms in total. The van der Waals surface area contributed by atoms with Crippen molar-refractivity contribution in [3.05, 3.63) is 60.2 Å². The normalized spacial score (nSPS) is 15.7. The Balaban J connectivity index is 1.40. The van der Waals surface area contributed by atoms with Crippen LogP contribution in [0.1, 0.15) is 5.56 Å². The van der Waals surface area contributed by atoms with Crippen LogP contribution in [0.5, 0.6) is 5.88 Å². The van der Waals surface area contributed by atoms with Crippen LogP contribution in [-0.4, -0.2) is 87.9 Å². The van der Waals surface area contributed by atoms with Crippen LogP contribution in [0.3, 0.4) is 0 Å². The molecule has 0 radical (unpaired) electrons. The first kappa shape index (κ1) is 23.7. The zero-order valence-electron chi connectivity index (χ0n) is 18.7. The maximum atomic E-state index is 12.4. The van der Waals surface area contributed by atoms with Crippen molar-refractivity contribution in [2.45, 2.75) is 18.8 Å². The molecule has 10 heteroatoms. The fourth-order valence-electron chi connectivity index (χ4n) is 3.58. The van der Waals surface area contributed by atoms with Gasteiger partial charge in [-0.05, 0) is 17.7 Å². The summed E-state index contributed by atoms with van der Waals surface area (Å²) in [6.45, 7) is 1.38. The summed E-state index contributed by atoms with van der Waals surface area (Å²) in [5.41, 5.74) is 1.60. The Morgan fingerprint density at radius 2 is 1.65 bits per heavy atom. The first-order chi connectivity index (χ1) is 16.5. The SMILES string of the molecule is O=C(OCc1ccccc1)N1CCN(c2nc(OCC(O)C(O)CO)c3ccccc3n2)CC1. The predicted molar refractivity (Wildman–Crippen MR) is 125 cm³/mol. The summed E-state index contributed by atoms with van der Waals surface area (Å²) in [5, 5.41) is 29.2. The van der Waals surface area contributed by atoms with E-state index in [9.17, 15) is 15.0 Å². The molecule has 1 saturated heterocycles. The number of aliphatic hydroxyl groups excluding tert-OH is 3. The van der Waals surface area contributed by atoms with E-state index in [1.165, 1.54) is 0 Å². The minimum Gasteiger partial charge on any atom is -0.474 e. The lowest BCUT2D eigenvalue weighted by atomic mass is 10.2. The van der Waals surface area contributed by atoms with E-state index in [1.54, 1.807) is 4.90 Å². The molecule has 1 aliphatic heterocycles. The van der Waals surface area contributed by atoms with Crippen LogP contribution in [0.15, 0.2) is 54.6 Å². The molecule has 2 aromatic carbocycles. The number of fused-ring (bicyclic) bond motifs is 1. The van der Waals surface area contributed by atoms with E-state index >= 15 is 0 Å². The highest BCUT2D eigenvalue weighted by molar-refractivity contribution is 5.84. The number of aromatic nitrogens is 2. The number of amides is 1. The number of aliphatic hydroxyl groups is 3. The molecule has 0 saturated carbocycles. The highest BCUT2D eigenvalue weighted by Gasteiger charge is 2.25. The monoisotopic (exact) mass is 468 g/mol. The van der Waals surface area contributed by atoms with Gasteiger partial charge in [-0.1, -0.05) is 42.5 Å². The van der Waals surface area contributed by atoms with Crippen molar-refractivity contribution in [1.29, 1.82) is 0 Å². The smallest absolute Gasteiger partial charge is 0.410 e. The van der Waals surface area contributed by atoms with Crippen LogP contribution in [-0.2, 0) is 11.3 Å². The minimum absolute atomic E-state index is 0.227. The topological polar surface area (TPSA) is 128 Å². The molecule has 0 spiro atoms. The maximum absolute atomic E-state index is 12.4. The quantitative estimate of drug-likeness (QED) is 0.446. The number of rotatable bonds is 8. The van der Waals surface area contributed by atoms with Gasteiger partial charge in [-0.3, -0.25) is 0 Å². The summed E-state index contributed by atoms with van der Waals surface area (Å²) in [7, 11) is 0. The van der Waals surface area contributed by atoms with Gasteiger partial charge in [-0.2, -0.15) is 4.98 Å². The predicted octanol–water partition coefficient (Wildman–Crippen LogP) is 1.18. The minimum atomic E-state index is -1.30. The number of ether oxygens (including phenoxy) is 2. The molecule has 34 heavy (non-hydrogen) atoms. The van der Waals surface area contributed by atoms with Crippen LogP contribution in [0.25, 0.3) is 10.9 Å². The van der Waals surface area contributed by atoms with Crippen LogP contribution in [0, 0.1) is 0 Å². The highest BCUT2D eigenvalue weighted by Crippen LogP contribution is 2.26. The Kier molecular flexibility index (Phi) is 7.73. The molecule has 2 atom stereocenters. The number of para-hydroxylation sites is 1. The molecule has 3 N–H and O–H groups in total. The van der Waals surface area contributed by atoms with Gasteiger partial charge < -0.3 is 34.6 Å². The Bertz CT molecular complexity index is 1090. The molecule has 4 rings (SSSR count). The van der Waals surface area contributed by atoms with Gasteiger partial charge in [0, 0.05) is 26.2 Å². The number of nitrogens with zero attached hydrogens (tertiary/aromatic N) is 4. The summed E-state index contributed by atoms with van der Waals surface area (Å²) in [4.78, 5) is 25.2. The first-order valence-corrected chi connectivity index (χ1v) is 11.1. The number of anilines is 1. The van der Waals surface area contributed by atoms with Crippen molar-refractivity contribution in [3.63, 3.8) is 0 Å². The molecule has 2 unspecified atom stereocenters. The Hall–Kier alpha value is -3.47. The number of hydrogen-bond acceptors (Lipinski definition) is 9. The summed E-state index contributed by atoms with van der Waals surface area (Å²) < 4.78 is 11.1. The van der Waals surface area contributed by atoms with Crippen molar-refractivity contribution in [2.75, 3.05) is 44.3 Å². The van der Waals surface area contributed by atoms with E-state index in [4.69, 9.17) is 14.6 Å². The Morgan fingerprint density at radius 1 is 0.941 bits per heavy atom. The lowest BCUT2D eigenvalue weighted by Crippen LogP contribution is -2.49. The number of carbonyl (C=O) groups excluding carboxylic acids is 1. The third-order valence-corrected chi connectivity index (χ3v) is 5.60. The van der Waals surface area contributed by atoms with Crippen LogP contribution in [0.4, 0.5) is 10.7 Å². The molecule has 1 amide bonds. The van der Waals surface area contributed by atoms with E-state index in [0.717, 1.165) is 5.56 Å². The second kappa shape index (κ2) is 11.1. The summed E-state index contributed by atoms with van der Waals surface area (Å²) >= 11 is 0. The standard InChI is InChI=1S/C24H28N4O6/c29-14-20(30)21(31)16-33-22-18-8-4-5-9-19(18)25-23(26-22)27-10-12-28(13-11-27)24(32)34-15-17-6-2-1-3-7-17/h1-9,20-21,29-31H,10-16H2. The van der Waals surface area contributed by atoms with Crippen molar-refractivity contribution in [1.82, 2.24) is 14.9 Å². The van der Waals surface area contributed by atoms with Gasteiger partial charge in [0.1, 0.15) is 25.4 Å². The number of carbonyl (C=O) groups is 1. The molecular formula is C24H28N4O6. The molecule has 1 aromatic heterocycles. The Morgan fingerprint density at radius 3 is 2.38 bits per heavy atom. The third-order valence-electron chi connectivity index (χ3n) is 5.60. The Labute approximate surface area is 197 Å². The molecule has 2 heterocycles. The lowest BCUT2D eigenvalue weighted by Gasteiger charge is -2.34. The second-order valence-electron chi connectivity index (χ2n) is 7.99. The molecule has 180 valence electrons. The molecule has 3 aromatic rings. The first-order valence-electron chi connectivity index (χ1n) is 11.1. The van der Waals surface area contributed by atoms with Crippen LogP contribution in [0.2, 0.25) is 0 Å². The van der Waals surface area contributed by atoms with Gasteiger partial charge in [0.15, 0.2) is 0 Å². The van der Waals surface area contributed by atoms with Crippen molar-refractivity contribution in [2.24, 2.45) is 0 Å².